The minimum atomic E-state index is -0.977. The maximum Gasteiger partial charge on any atom is 0.328 e. The molecule has 0 saturated carbocycles. The minimum absolute atomic E-state index is 0.434. The molecule has 0 fully saturated rings. The summed E-state index contributed by atoms with van der Waals surface area (Å²) < 4.78 is 5.77. The molecule has 0 aliphatic heterocycles. The Morgan fingerprint density at radius 3 is 3.05 bits per heavy atom. The lowest BCUT2D eigenvalue weighted by atomic mass is 10.1. The second-order valence-corrected chi connectivity index (χ2v) is 4.89. The number of thiazole rings is 1. The Hall–Kier alpha value is -2.14. The number of carbonyl (C=O) groups is 1. The van der Waals surface area contributed by atoms with Crippen LogP contribution in [0, 0.1) is 6.92 Å². The molecule has 2 rings (SSSR count). The monoisotopic (exact) mass is 275 g/mol. The molecular formula is C14H13NO3S. The molecule has 0 aliphatic rings. The lowest BCUT2D eigenvalue weighted by molar-refractivity contribution is -0.131. The maximum atomic E-state index is 10.6. The first-order chi connectivity index (χ1) is 9.16. The highest BCUT2D eigenvalue weighted by atomic mass is 32.1. The van der Waals surface area contributed by atoms with Gasteiger partial charge in [0.2, 0.25) is 0 Å². The van der Waals surface area contributed by atoms with Crippen LogP contribution in [0.5, 0.6) is 5.75 Å². The van der Waals surface area contributed by atoms with Crippen molar-refractivity contribution in [2.24, 2.45) is 0 Å². The van der Waals surface area contributed by atoms with E-state index in [-0.39, 0.29) is 0 Å². The summed E-state index contributed by atoms with van der Waals surface area (Å²) >= 11 is 1.52. The van der Waals surface area contributed by atoms with Crippen molar-refractivity contribution in [1.29, 1.82) is 0 Å². The Labute approximate surface area is 115 Å². The van der Waals surface area contributed by atoms with Crippen LogP contribution in [0.15, 0.2) is 36.0 Å². The number of aryl methyl sites for hydroxylation is 1. The van der Waals surface area contributed by atoms with E-state index in [9.17, 15) is 4.79 Å². The van der Waals surface area contributed by atoms with Gasteiger partial charge in [-0.3, -0.25) is 4.98 Å². The molecule has 0 atom stereocenters. The SMILES string of the molecule is Cc1cccc(/C=C/C(=O)O)c1OCc1cncs1. The zero-order chi connectivity index (χ0) is 13.7. The molecule has 0 spiro atoms. The lowest BCUT2D eigenvalue weighted by Crippen LogP contribution is -1.97. The fraction of sp³-hybridized carbons (Fsp3) is 0.143. The number of aromatic nitrogens is 1. The van der Waals surface area contributed by atoms with E-state index < -0.39 is 5.97 Å². The Balaban J connectivity index is 2.20. The number of benzene rings is 1. The average Bonchev–Trinajstić information content (AvgIpc) is 2.88. The highest BCUT2D eigenvalue weighted by Crippen LogP contribution is 2.26. The predicted octanol–water partition coefficient (Wildman–Crippen LogP) is 3.13. The summed E-state index contributed by atoms with van der Waals surface area (Å²) in [5, 5.41) is 8.68. The molecule has 0 amide bonds. The summed E-state index contributed by atoms with van der Waals surface area (Å²) in [6.07, 6.45) is 4.40. The number of ether oxygens (including phenoxy) is 1. The van der Waals surface area contributed by atoms with E-state index in [4.69, 9.17) is 9.84 Å². The molecule has 2 aromatic rings. The first-order valence-corrected chi connectivity index (χ1v) is 6.55. The summed E-state index contributed by atoms with van der Waals surface area (Å²) in [6.45, 7) is 2.36. The summed E-state index contributed by atoms with van der Waals surface area (Å²) in [6, 6.07) is 5.63. The molecule has 5 heteroatoms. The van der Waals surface area contributed by atoms with Gasteiger partial charge in [0.1, 0.15) is 12.4 Å². The van der Waals surface area contributed by atoms with E-state index in [0.717, 1.165) is 22.1 Å². The number of carboxylic acid groups (broad SMARTS) is 1. The largest absolute Gasteiger partial charge is 0.487 e. The van der Waals surface area contributed by atoms with Crippen LogP contribution in [0.2, 0.25) is 0 Å². The first-order valence-electron chi connectivity index (χ1n) is 5.67. The van der Waals surface area contributed by atoms with Gasteiger partial charge in [-0.25, -0.2) is 4.79 Å². The number of aliphatic carboxylic acids is 1. The van der Waals surface area contributed by atoms with Gasteiger partial charge in [-0.15, -0.1) is 11.3 Å². The standard InChI is InChI=1S/C14H13NO3S/c1-10-3-2-4-11(5-6-13(16)17)14(10)18-8-12-7-15-9-19-12/h2-7,9H,8H2,1H3,(H,16,17)/b6-5+. The second kappa shape index (κ2) is 6.15. The van der Waals surface area contributed by atoms with Crippen molar-refractivity contribution in [3.63, 3.8) is 0 Å². The van der Waals surface area contributed by atoms with E-state index in [0.29, 0.717) is 12.4 Å². The van der Waals surface area contributed by atoms with Crippen LogP contribution < -0.4 is 4.74 Å². The van der Waals surface area contributed by atoms with E-state index in [1.807, 2.05) is 25.1 Å². The number of hydrogen-bond acceptors (Lipinski definition) is 4. The number of para-hydroxylation sites is 1. The number of rotatable bonds is 5. The van der Waals surface area contributed by atoms with E-state index in [1.165, 1.54) is 17.4 Å². The highest BCUT2D eigenvalue weighted by molar-refractivity contribution is 7.09. The molecule has 4 nitrogen and oxygen atoms in total. The molecule has 1 N–H and O–H groups in total. The van der Waals surface area contributed by atoms with Gasteiger partial charge in [-0.1, -0.05) is 18.2 Å². The van der Waals surface area contributed by atoms with Crippen LogP contribution in [0.25, 0.3) is 6.08 Å². The molecule has 1 aromatic heterocycles. The summed E-state index contributed by atoms with van der Waals surface area (Å²) in [4.78, 5) is 15.6. The van der Waals surface area contributed by atoms with Crippen molar-refractivity contribution < 1.29 is 14.6 Å². The molecule has 98 valence electrons. The van der Waals surface area contributed by atoms with Crippen LogP contribution in [-0.2, 0) is 11.4 Å². The van der Waals surface area contributed by atoms with Crippen LogP contribution >= 0.6 is 11.3 Å². The minimum Gasteiger partial charge on any atom is -0.487 e. The zero-order valence-electron chi connectivity index (χ0n) is 10.4. The van der Waals surface area contributed by atoms with Crippen LogP contribution in [0.3, 0.4) is 0 Å². The van der Waals surface area contributed by atoms with E-state index in [2.05, 4.69) is 4.98 Å². The Morgan fingerprint density at radius 2 is 2.37 bits per heavy atom. The van der Waals surface area contributed by atoms with Crippen molar-refractivity contribution in [1.82, 2.24) is 4.98 Å². The van der Waals surface area contributed by atoms with E-state index >= 15 is 0 Å². The Bertz CT molecular complexity index is 591. The third kappa shape index (κ3) is 3.66. The quantitative estimate of drug-likeness (QED) is 0.852. The maximum absolute atomic E-state index is 10.6. The summed E-state index contributed by atoms with van der Waals surface area (Å²) in [7, 11) is 0. The Morgan fingerprint density at radius 1 is 1.53 bits per heavy atom. The van der Waals surface area contributed by atoms with Crippen LogP contribution in [-0.4, -0.2) is 16.1 Å². The number of hydrogen-bond donors (Lipinski definition) is 1. The Kier molecular flexibility index (Phi) is 4.30. The molecule has 0 unspecified atom stereocenters. The molecule has 19 heavy (non-hydrogen) atoms. The van der Waals surface area contributed by atoms with Gasteiger partial charge in [-0.05, 0) is 18.6 Å². The third-order valence-corrected chi connectivity index (χ3v) is 3.24. The van der Waals surface area contributed by atoms with E-state index in [1.54, 1.807) is 11.7 Å². The number of nitrogens with zero attached hydrogens (tertiary/aromatic N) is 1. The topological polar surface area (TPSA) is 59.4 Å². The lowest BCUT2D eigenvalue weighted by Gasteiger charge is -2.11. The van der Waals surface area contributed by atoms with Crippen LogP contribution in [0.1, 0.15) is 16.0 Å². The van der Waals surface area contributed by atoms with Crippen molar-refractivity contribution in [3.8, 4) is 5.75 Å². The predicted molar refractivity (Wildman–Crippen MR) is 74.3 cm³/mol. The van der Waals surface area contributed by atoms with Crippen molar-refractivity contribution in [2.75, 3.05) is 0 Å². The first kappa shape index (κ1) is 13.3. The molecule has 0 bridgehead atoms. The average molecular weight is 275 g/mol. The van der Waals surface area contributed by atoms with Crippen molar-refractivity contribution in [3.05, 3.63) is 52.0 Å². The highest BCUT2D eigenvalue weighted by Gasteiger charge is 2.06. The van der Waals surface area contributed by atoms with Gasteiger partial charge < -0.3 is 9.84 Å². The van der Waals surface area contributed by atoms with Gasteiger partial charge >= 0.3 is 5.97 Å². The number of carboxylic acids is 1. The molecule has 0 saturated heterocycles. The third-order valence-electron chi connectivity index (χ3n) is 2.49. The summed E-state index contributed by atoms with van der Waals surface area (Å²) in [5.41, 5.74) is 3.48. The molecule has 1 aromatic carbocycles. The molecular weight excluding hydrogens is 262 g/mol. The van der Waals surface area contributed by atoms with Crippen LogP contribution in [0.4, 0.5) is 0 Å². The van der Waals surface area contributed by atoms with Gasteiger partial charge in [0.05, 0.1) is 10.4 Å². The van der Waals surface area contributed by atoms with Gasteiger partial charge in [-0.2, -0.15) is 0 Å². The summed E-state index contributed by atoms with van der Waals surface area (Å²) in [5.74, 6) is -0.275. The molecule has 1 heterocycles. The fourth-order valence-electron chi connectivity index (χ4n) is 1.62. The smallest absolute Gasteiger partial charge is 0.328 e. The van der Waals surface area contributed by atoms with Crippen molar-refractivity contribution in [2.45, 2.75) is 13.5 Å². The zero-order valence-corrected chi connectivity index (χ0v) is 11.2. The molecule has 0 aliphatic carbocycles. The van der Waals surface area contributed by atoms with Gasteiger partial charge in [0, 0.05) is 17.8 Å². The van der Waals surface area contributed by atoms with Gasteiger partial charge in [0.25, 0.3) is 0 Å². The van der Waals surface area contributed by atoms with Gasteiger partial charge in [0.15, 0.2) is 0 Å². The normalized spacial score (nSPS) is 10.8. The molecule has 0 radical (unpaired) electrons. The van der Waals surface area contributed by atoms with Crippen molar-refractivity contribution >= 4 is 23.4 Å². The second-order valence-electron chi connectivity index (χ2n) is 3.92. The fourth-order valence-corrected chi connectivity index (χ4v) is 2.13.